The van der Waals surface area contributed by atoms with Crippen LogP contribution in [0.5, 0.6) is 0 Å². The fourth-order valence-electron chi connectivity index (χ4n) is 1.72. The van der Waals surface area contributed by atoms with Gasteiger partial charge in [-0.3, -0.25) is 9.23 Å². The molecule has 1 aliphatic heterocycles. The quantitative estimate of drug-likeness (QED) is 0.590. The number of nitrogens with zero attached hydrogens (tertiary/aromatic N) is 3. The smallest absolute Gasteiger partial charge is 0.276 e. The number of rotatable bonds is 4. The molecule has 7 nitrogen and oxygen atoms in total. The monoisotopic (exact) mass is 260 g/mol. The molecule has 2 rings (SSSR count). The molecule has 0 amide bonds. The van der Waals surface area contributed by atoms with Crippen LogP contribution < -0.4 is 9.84 Å². The van der Waals surface area contributed by atoms with E-state index in [4.69, 9.17) is 4.74 Å². The van der Waals surface area contributed by atoms with Crippen molar-refractivity contribution in [1.82, 2.24) is 15.2 Å². The lowest BCUT2D eigenvalue weighted by Gasteiger charge is -2.28. The van der Waals surface area contributed by atoms with E-state index in [1.807, 2.05) is 0 Å². The molecule has 1 atom stereocenters. The van der Waals surface area contributed by atoms with Crippen LogP contribution in [-0.4, -0.2) is 37.8 Å². The fourth-order valence-corrected chi connectivity index (χ4v) is 2.23. The van der Waals surface area contributed by atoms with Crippen LogP contribution in [-0.2, 0) is 23.1 Å². The topological polar surface area (TPSA) is 79.6 Å². The summed E-state index contributed by atoms with van der Waals surface area (Å²) in [6.07, 6.45) is 4.88. The van der Waals surface area contributed by atoms with Gasteiger partial charge in [0.15, 0.2) is 0 Å². The Morgan fingerprint density at radius 2 is 2.35 bits per heavy atom. The summed E-state index contributed by atoms with van der Waals surface area (Å²) in [5, 5.41) is 3.98. The molecular weight excluding hydrogens is 244 g/mol. The van der Waals surface area contributed by atoms with Crippen LogP contribution in [0.1, 0.15) is 12.8 Å². The summed E-state index contributed by atoms with van der Waals surface area (Å²) < 4.78 is 28.6. The molecular formula is C9H16N4O3S. The number of nitrogens with one attached hydrogen (secondary N) is 1. The molecule has 1 saturated heterocycles. The van der Waals surface area contributed by atoms with Crippen LogP contribution in [0.15, 0.2) is 12.4 Å². The van der Waals surface area contributed by atoms with E-state index >= 15 is 0 Å². The van der Waals surface area contributed by atoms with Gasteiger partial charge in [0.05, 0.1) is 12.4 Å². The molecule has 17 heavy (non-hydrogen) atoms. The molecule has 1 fully saturated rings. The Kier molecular flexibility index (Phi) is 4.11. The van der Waals surface area contributed by atoms with Crippen LogP contribution in [0.2, 0.25) is 0 Å². The van der Waals surface area contributed by atoms with Crippen molar-refractivity contribution in [2.24, 2.45) is 7.05 Å². The van der Waals surface area contributed by atoms with Gasteiger partial charge in [-0.25, -0.2) is 9.63 Å². The summed E-state index contributed by atoms with van der Waals surface area (Å²) in [7, 11) is 1.76. The number of ether oxygens (including phenoxy) is 1. The third kappa shape index (κ3) is 3.25. The minimum atomic E-state index is -2.11. The minimum absolute atomic E-state index is 0.153. The van der Waals surface area contributed by atoms with Gasteiger partial charge in [0.2, 0.25) is 0 Å². The number of anilines is 1. The van der Waals surface area contributed by atoms with Crippen molar-refractivity contribution in [3.05, 3.63) is 12.4 Å². The van der Waals surface area contributed by atoms with Gasteiger partial charge in [0, 0.05) is 26.3 Å². The molecule has 8 heteroatoms. The lowest BCUT2D eigenvalue weighted by atomic mass is 10.1. The van der Waals surface area contributed by atoms with Gasteiger partial charge in [-0.05, 0) is 12.8 Å². The van der Waals surface area contributed by atoms with Crippen molar-refractivity contribution in [3.63, 3.8) is 0 Å². The highest BCUT2D eigenvalue weighted by molar-refractivity contribution is 7.80. The standard InChI is InChI=1S/C9H16N4O3S/c1-12-7-9(6-10-12)13(17(14)15)11-8-2-4-16-5-3-8/h6-8,11H,2-5H2,1H3,(H,14,15). The number of hydrazine groups is 1. The second kappa shape index (κ2) is 5.58. The van der Waals surface area contributed by atoms with Crippen molar-refractivity contribution >= 4 is 17.0 Å². The molecule has 0 radical (unpaired) electrons. The van der Waals surface area contributed by atoms with Gasteiger partial charge in [0.25, 0.3) is 11.3 Å². The Hall–Kier alpha value is -0.960. The van der Waals surface area contributed by atoms with Crippen molar-refractivity contribution in [1.29, 1.82) is 0 Å². The first kappa shape index (κ1) is 12.5. The SMILES string of the molecule is Cn1cc(N(NC2CCOCC2)S(=O)O)cn1. The normalized spacial score (nSPS) is 19.2. The third-order valence-corrected chi connectivity index (χ3v) is 3.23. The lowest BCUT2D eigenvalue weighted by Crippen LogP contribution is -2.47. The molecule has 96 valence electrons. The van der Waals surface area contributed by atoms with E-state index in [1.54, 1.807) is 24.1 Å². The third-order valence-electron chi connectivity index (χ3n) is 2.60. The molecule has 0 bridgehead atoms. The van der Waals surface area contributed by atoms with E-state index < -0.39 is 11.3 Å². The van der Waals surface area contributed by atoms with Gasteiger partial charge < -0.3 is 4.74 Å². The van der Waals surface area contributed by atoms with E-state index in [-0.39, 0.29) is 6.04 Å². The summed E-state index contributed by atoms with van der Waals surface area (Å²) in [6.45, 7) is 1.35. The first-order chi connectivity index (χ1) is 8.16. The maximum Gasteiger partial charge on any atom is 0.276 e. The molecule has 1 unspecified atom stereocenters. The molecule has 2 N–H and O–H groups in total. The largest absolute Gasteiger partial charge is 0.381 e. The predicted octanol–water partition coefficient (Wildman–Crippen LogP) is 0.0468. The maximum absolute atomic E-state index is 11.3. The number of aromatic nitrogens is 2. The molecule has 0 aromatic carbocycles. The summed E-state index contributed by atoms with van der Waals surface area (Å²) in [4.78, 5) is 0. The Morgan fingerprint density at radius 1 is 1.65 bits per heavy atom. The summed E-state index contributed by atoms with van der Waals surface area (Å²) in [5.41, 5.74) is 3.60. The predicted molar refractivity (Wildman–Crippen MR) is 63.4 cm³/mol. The van der Waals surface area contributed by atoms with Crippen LogP contribution in [0.3, 0.4) is 0 Å². The average molecular weight is 260 g/mol. The highest BCUT2D eigenvalue weighted by Crippen LogP contribution is 2.14. The maximum atomic E-state index is 11.3. The van der Waals surface area contributed by atoms with E-state index in [0.717, 1.165) is 12.8 Å². The molecule has 2 heterocycles. The molecule has 1 aromatic rings. The Morgan fingerprint density at radius 3 is 2.88 bits per heavy atom. The summed E-state index contributed by atoms with van der Waals surface area (Å²) >= 11 is -2.11. The van der Waals surface area contributed by atoms with Gasteiger partial charge in [0.1, 0.15) is 5.69 Å². The Balaban J connectivity index is 2.04. The number of hydrogen-bond acceptors (Lipinski definition) is 4. The highest BCUT2D eigenvalue weighted by atomic mass is 32.2. The molecule has 0 aliphatic carbocycles. The average Bonchev–Trinajstić information content (AvgIpc) is 2.73. The first-order valence-electron chi connectivity index (χ1n) is 5.40. The van der Waals surface area contributed by atoms with Crippen molar-refractivity contribution in [2.75, 3.05) is 17.6 Å². The first-order valence-corrected chi connectivity index (χ1v) is 6.47. The van der Waals surface area contributed by atoms with Crippen LogP contribution in [0.25, 0.3) is 0 Å². The zero-order chi connectivity index (χ0) is 12.3. The summed E-state index contributed by atoms with van der Waals surface area (Å²) in [6, 6.07) is 0.153. The minimum Gasteiger partial charge on any atom is -0.381 e. The highest BCUT2D eigenvalue weighted by Gasteiger charge is 2.21. The molecule has 1 aromatic heterocycles. The Bertz CT molecular complexity index is 391. The molecule has 0 saturated carbocycles. The van der Waals surface area contributed by atoms with Crippen molar-refractivity contribution < 1.29 is 13.5 Å². The van der Waals surface area contributed by atoms with Crippen molar-refractivity contribution in [3.8, 4) is 0 Å². The fraction of sp³-hybridized carbons (Fsp3) is 0.667. The second-order valence-electron chi connectivity index (χ2n) is 3.91. The van der Waals surface area contributed by atoms with Gasteiger partial charge >= 0.3 is 0 Å². The van der Waals surface area contributed by atoms with E-state index in [1.165, 1.54) is 4.41 Å². The number of aryl methyl sites for hydroxylation is 1. The van der Waals surface area contributed by atoms with Gasteiger partial charge in [-0.2, -0.15) is 9.51 Å². The van der Waals surface area contributed by atoms with Crippen LogP contribution in [0.4, 0.5) is 5.69 Å². The van der Waals surface area contributed by atoms with E-state index in [2.05, 4.69) is 10.5 Å². The molecule has 0 spiro atoms. The number of hydrogen-bond donors (Lipinski definition) is 2. The van der Waals surface area contributed by atoms with E-state index in [0.29, 0.717) is 18.9 Å². The zero-order valence-electron chi connectivity index (χ0n) is 9.57. The van der Waals surface area contributed by atoms with Crippen LogP contribution >= 0.6 is 0 Å². The van der Waals surface area contributed by atoms with Crippen LogP contribution in [0, 0.1) is 0 Å². The van der Waals surface area contributed by atoms with Gasteiger partial charge in [-0.15, -0.1) is 0 Å². The zero-order valence-corrected chi connectivity index (χ0v) is 10.4. The Labute approximate surface area is 102 Å². The lowest BCUT2D eigenvalue weighted by molar-refractivity contribution is 0.0785. The van der Waals surface area contributed by atoms with E-state index in [9.17, 15) is 8.76 Å². The van der Waals surface area contributed by atoms with Crippen molar-refractivity contribution in [2.45, 2.75) is 18.9 Å². The molecule has 1 aliphatic rings. The summed E-state index contributed by atoms with van der Waals surface area (Å²) in [5.74, 6) is 0. The van der Waals surface area contributed by atoms with Gasteiger partial charge in [-0.1, -0.05) is 0 Å². The second-order valence-corrected chi connectivity index (χ2v) is 4.74.